The first-order valence-corrected chi connectivity index (χ1v) is 6.68. The summed E-state index contributed by atoms with van der Waals surface area (Å²) in [6.45, 7) is 0. The number of fused-ring (bicyclic) bond motifs is 2. The average molecular weight is 276 g/mol. The van der Waals surface area contributed by atoms with E-state index in [2.05, 4.69) is 10.6 Å². The number of carboxylic acid groups (broad SMARTS) is 1. The average Bonchev–Trinajstić information content (AvgIpc) is 3.03. The second-order valence-corrected chi connectivity index (χ2v) is 5.42. The molecule has 20 heavy (non-hydrogen) atoms. The zero-order valence-corrected chi connectivity index (χ0v) is 10.8. The third kappa shape index (κ3) is 2.22. The molecule has 0 aliphatic carbocycles. The highest BCUT2D eigenvalue weighted by molar-refractivity contribution is 5.97. The van der Waals surface area contributed by atoms with E-state index in [9.17, 15) is 14.7 Å². The minimum Gasteiger partial charge on any atom is -0.506 e. The lowest BCUT2D eigenvalue weighted by Gasteiger charge is -2.19. The predicted molar refractivity (Wildman–Crippen MR) is 71.7 cm³/mol. The van der Waals surface area contributed by atoms with E-state index in [4.69, 9.17) is 5.11 Å². The number of carbonyl (C=O) groups excluding carboxylic acids is 1. The molecule has 0 radical (unpaired) electrons. The van der Waals surface area contributed by atoms with Crippen LogP contribution >= 0.6 is 0 Å². The lowest BCUT2D eigenvalue weighted by atomic mass is 9.88. The summed E-state index contributed by atoms with van der Waals surface area (Å²) in [5, 5.41) is 24.7. The second kappa shape index (κ2) is 4.79. The van der Waals surface area contributed by atoms with E-state index in [1.807, 2.05) is 0 Å². The fraction of sp³-hybridized carbons (Fsp3) is 0.429. The maximum Gasteiger partial charge on any atom is 0.335 e. The van der Waals surface area contributed by atoms with E-state index >= 15 is 0 Å². The van der Waals surface area contributed by atoms with E-state index in [0.717, 1.165) is 19.3 Å². The Kier molecular flexibility index (Phi) is 3.10. The Morgan fingerprint density at radius 1 is 1.30 bits per heavy atom. The molecule has 4 N–H and O–H groups in total. The first-order valence-electron chi connectivity index (χ1n) is 6.68. The van der Waals surface area contributed by atoms with Crippen LogP contribution in [0.1, 0.15) is 29.6 Å². The highest BCUT2D eigenvalue weighted by atomic mass is 16.4. The minimum atomic E-state index is -1.10. The number of hydrogen-bond acceptors (Lipinski definition) is 4. The number of aromatic hydroxyl groups is 1. The molecule has 2 aliphatic rings. The first kappa shape index (κ1) is 12.9. The van der Waals surface area contributed by atoms with Crippen LogP contribution in [0.3, 0.4) is 0 Å². The second-order valence-electron chi connectivity index (χ2n) is 5.42. The van der Waals surface area contributed by atoms with Gasteiger partial charge in [-0.3, -0.25) is 4.79 Å². The fourth-order valence-electron chi connectivity index (χ4n) is 3.11. The van der Waals surface area contributed by atoms with Crippen molar-refractivity contribution in [2.24, 2.45) is 5.92 Å². The molecule has 3 atom stereocenters. The van der Waals surface area contributed by atoms with Crippen molar-refractivity contribution in [3.63, 3.8) is 0 Å². The molecule has 1 amide bonds. The highest BCUT2D eigenvalue weighted by Crippen LogP contribution is 2.34. The maximum atomic E-state index is 12.2. The molecular weight excluding hydrogens is 260 g/mol. The van der Waals surface area contributed by atoms with Crippen LogP contribution in [0, 0.1) is 5.92 Å². The number of phenols is 1. The lowest BCUT2D eigenvalue weighted by Crippen LogP contribution is -2.32. The van der Waals surface area contributed by atoms with Gasteiger partial charge in [-0.05, 0) is 37.5 Å². The van der Waals surface area contributed by atoms with Crippen molar-refractivity contribution in [2.45, 2.75) is 31.3 Å². The molecule has 3 unspecified atom stereocenters. The number of phenolic OH excluding ortho intramolecular Hbond substituents is 1. The molecule has 2 aliphatic heterocycles. The highest BCUT2D eigenvalue weighted by Gasteiger charge is 2.42. The molecule has 106 valence electrons. The van der Waals surface area contributed by atoms with Crippen LogP contribution in [0.25, 0.3) is 0 Å². The number of carboxylic acids is 1. The van der Waals surface area contributed by atoms with Gasteiger partial charge in [0.2, 0.25) is 5.91 Å². The molecule has 1 aromatic rings. The van der Waals surface area contributed by atoms with Gasteiger partial charge in [-0.25, -0.2) is 4.79 Å². The van der Waals surface area contributed by atoms with Gasteiger partial charge in [0.15, 0.2) is 0 Å². The van der Waals surface area contributed by atoms with Gasteiger partial charge in [0.05, 0.1) is 17.2 Å². The third-order valence-electron chi connectivity index (χ3n) is 4.14. The Morgan fingerprint density at radius 3 is 2.70 bits per heavy atom. The zero-order chi connectivity index (χ0) is 14.3. The summed E-state index contributed by atoms with van der Waals surface area (Å²) in [6, 6.07) is 4.46. The summed E-state index contributed by atoms with van der Waals surface area (Å²) in [4.78, 5) is 23.1. The normalized spacial score (nSPS) is 27.5. The molecule has 2 heterocycles. The van der Waals surface area contributed by atoms with E-state index in [-0.39, 0.29) is 34.9 Å². The number of rotatable bonds is 3. The van der Waals surface area contributed by atoms with Gasteiger partial charge in [0.25, 0.3) is 0 Å². The van der Waals surface area contributed by atoms with Crippen molar-refractivity contribution >= 4 is 17.6 Å². The van der Waals surface area contributed by atoms with Crippen LogP contribution < -0.4 is 10.6 Å². The van der Waals surface area contributed by atoms with Crippen molar-refractivity contribution in [3.8, 4) is 5.75 Å². The number of amides is 1. The molecule has 0 spiro atoms. The topological polar surface area (TPSA) is 98.7 Å². The van der Waals surface area contributed by atoms with E-state index in [0.29, 0.717) is 6.04 Å². The molecule has 6 nitrogen and oxygen atoms in total. The van der Waals surface area contributed by atoms with Crippen molar-refractivity contribution in [2.75, 3.05) is 5.32 Å². The van der Waals surface area contributed by atoms with E-state index < -0.39 is 5.97 Å². The van der Waals surface area contributed by atoms with Crippen LogP contribution in [-0.2, 0) is 4.79 Å². The SMILES string of the molecule is O=C(O)c1ccc(O)c(NC(=O)C2CC3CCC2N3)c1. The molecule has 2 bridgehead atoms. The van der Waals surface area contributed by atoms with Gasteiger partial charge in [-0.15, -0.1) is 0 Å². The molecule has 2 fully saturated rings. The standard InChI is InChI=1S/C14H16N2O4/c17-12-4-1-7(14(19)20)5-11(12)16-13(18)9-6-8-2-3-10(9)15-8/h1,4-5,8-10,15,17H,2-3,6H2,(H,16,18)(H,19,20). The number of anilines is 1. The Morgan fingerprint density at radius 2 is 2.10 bits per heavy atom. The van der Waals surface area contributed by atoms with Gasteiger partial charge < -0.3 is 20.8 Å². The summed E-state index contributed by atoms with van der Waals surface area (Å²) >= 11 is 0. The van der Waals surface area contributed by atoms with Crippen molar-refractivity contribution in [3.05, 3.63) is 23.8 Å². The smallest absolute Gasteiger partial charge is 0.335 e. The van der Waals surface area contributed by atoms with Gasteiger partial charge in [-0.2, -0.15) is 0 Å². The lowest BCUT2D eigenvalue weighted by molar-refractivity contribution is -0.120. The molecule has 3 rings (SSSR count). The molecular formula is C14H16N2O4. The Bertz CT molecular complexity index is 572. The Hall–Kier alpha value is -2.08. The largest absolute Gasteiger partial charge is 0.506 e. The first-order chi connectivity index (χ1) is 9.54. The maximum absolute atomic E-state index is 12.2. The van der Waals surface area contributed by atoms with Crippen LogP contribution in [0.5, 0.6) is 5.75 Å². The van der Waals surface area contributed by atoms with Crippen LogP contribution in [0.4, 0.5) is 5.69 Å². The van der Waals surface area contributed by atoms with Gasteiger partial charge >= 0.3 is 5.97 Å². The number of carbonyl (C=O) groups is 2. The van der Waals surface area contributed by atoms with Crippen LogP contribution in [-0.4, -0.2) is 34.2 Å². The monoisotopic (exact) mass is 276 g/mol. The summed E-state index contributed by atoms with van der Waals surface area (Å²) < 4.78 is 0. The molecule has 1 aromatic carbocycles. The van der Waals surface area contributed by atoms with Gasteiger partial charge in [-0.1, -0.05) is 0 Å². The van der Waals surface area contributed by atoms with Crippen LogP contribution in [0.2, 0.25) is 0 Å². The summed E-state index contributed by atoms with van der Waals surface area (Å²) in [6.07, 6.45) is 2.90. The third-order valence-corrected chi connectivity index (χ3v) is 4.14. The van der Waals surface area contributed by atoms with Gasteiger partial charge in [0.1, 0.15) is 5.75 Å². The van der Waals surface area contributed by atoms with Crippen molar-refractivity contribution in [1.82, 2.24) is 5.32 Å². The molecule has 2 saturated heterocycles. The Labute approximate surface area is 115 Å². The van der Waals surface area contributed by atoms with E-state index in [1.54, 1.807) is 0 Å². The number of aromatic carboxylic acids is 1. The number of benzene rings is 1. The van der Waals surface area contributed by atoms with Crippen LogP contribution in [0.15, 0.2) is 18.2 Å². The molecule has 6 heteroatoms. The Balaban J connectivity index is 1.75. The molecule has 0 aromatic heterocycles. The van der Waals surface area contributed by atoms with E-state index in [1.165, 1.54) is 18.2 Å². The minimum absolute atomic E-state index is 0.0316. The summed E-state index contributed by atoms with van der Waals surface area (Å²) in [5.74, 6) is -1.49. The zero-order valence-electron chi connectivity index (χ0n) is 10.8. The number of nitrogens with one attached hydrogen (secondary N) is 2. The van der Waals surface area contributed by atoms with Gasteiger partial charge in [0, 0.05) is 12.1 Å². The quantitative estimate of drug-likeness (QED) is 0.621. The van der Waals surface area contributed by atoms with Crippen molar-refractivity contribution in [1.29, 1.82) is 0 Å². The predicted octanol–water partition coefficient (Wildman–Crippen LogP) is 1.17. The summed E-state index contributed by atoms with van der Waals surface area (Å²) in [7, 11) is 0. The summed E-state index contributed by atoms with van der Waals surface area (Å²) in [5.41, 5.74) is 0.182. The number of hydrogen-bond donors (Lipinski definition) is 4. The van der Waals surface area contributed by atoms with Crippen molar-refractivity contribution < 1.29 is 19.8 Å². The molecule has 0 saturated carbocycles. The fourth-order valence-corrected chi connectivity index (χ4v) is 3.11.